The Morgan fingerprint density at radius 1 is 0.515 bits per heavy atom. The molecular weight excluding hydrogens is 398 g/mol. The van der Waals surface area contributed by atoms with Crippen LogP contribution in [0.15, 0.2) is 72.8 Å². The van der Waals surface area contributed by atoms with Crippen LogP contribution in [0.4, 0.5) is 17.1 Å². The van der Waals surface area contributed by atoms with E-state index in [0.29, 0.717) is 0 Å². The smallest absolute Gasteiger partial charge is 0.0461 e. The second-order valence-electron chi connectivity index (χ2n) is 10.4. The van der Waals surface area contributed by atoms with E-state index in [-0.39, 0.29) is 0 Å². The summed E-state index contributed by atoms with van der Waals surface area (Å²) in [7, 11) is 0. The molecule has 2 aliphatic rings. The quantitative estimate of drug-likeness (QED) is 0.339. The molecule has 5 rings (SSSR count). The van der Waals surface area contributed by atoms with Crippen molar-refractivity contribution >= 4 is 17.1 Å². The zero-order chi connectivity index (χ0) is 22.5. The highest BCUT2D eigenvalue weighted by molar-refractivity contribution is 5.76. The number of aryl methyl sites for hydroxylation is 1. The predicted octanol–water partition coefficient (Wildman–Crippen LogP) is 9.18. The van der Waals surface area contributed by atoms with Gasteiger partial charge < -0.3 is 4.90 Å². The van der Waals surface area contributed by atoms with Gasteiger partial charge in [0, 0.05) is 17.1 Å². The molecule has 0 amide bonds. The van der Waals surface area contributed by atoms with Crippen LogP contribution in [0.5, 0.6) is 0 Å². The first-order valence-corrected chi connectivity index (χ1v) is 13.4. The number of hydrogen-bond donors (Lipinski definition) is 0. The van der Waals surface area contributed by atoms with Crippen LogP contribution in [-0.4, -0.2) is 0 Å². The third-order valence-electron chi connectivity index (χ3n) is 7.99. The summed E-state index contributed by atoms with van der Waals surface area (Å²) < 4.78 is 0. The van der Waals surface area contributed by atoms with Crippen LogP contribution in [0.3, 0.4) is 0 Å². The van der Waals surface area contributed by atoms with E-state index in [1.165, 1.54) is 98.0 Å². The Morgan fingerprint density at radius 2 is 0.848 bits per heavy atom. The van der Waals surface area contributed by atoms with Gasteiger partial charge in [-0.05, 0) is 84.2 Å². The van der Waals surface area contributed by atoms with E-state index < -0.39 is 0 Å². The number of nitrogens with zero attached hydrogens (tertiary/aromatic N) is 1. The van der Waals surface area contributed by atoms with Gasteiger partial charge in [-0.3, -0.25) is 0 Å². The summed E-state index contributed by atoms with van der Waals surface area (Å²) >= 11 is 0. The highest BCUT2D eigenvalue weighted by atomic mass is 15.1. The van der Waals surface area contributed by atoms with Crippen LogP contribution in [0.25, 0.3) is 0 Å². The summed E-state index contributed by atoms with van der Waals surface area (Å²) in [5.41, 5.74) is 8.09. The van der Waals surface area contributed by atoms with Gasteiger partial charge in [-0.1, -0.05) is 94.7 Å². The largest absolute Gasteiger partial charge is 0.311 e. The molecule has 0 aliphatic heterocycles. The summed E-state index contributed by atoms with van der Waals surface area (Å²) in [4.78, 5) is 2.41. The van der Waals surface area contributed by atoms with Crippen molar-refractivity contribution in [3.05, 3.63) is 89.5 Å². The second kappa shape index (κ2) is 10.6. The highest BCUT2D eigenvalue weighted by Crippen LogP contribution is 2.36. The van der Waals surface area contributed by atoms with Gasteiger partial charge in [0.05, 0.1) is 0 Å². The Hall–Kier alpha value is -2.54. The van der Waals surface area contributed by atoms with Crippen LogP contribution in [-0.2, 0) is 19.3 Å². The molecule has 2 saturated carbocycles. The summed E-state index contributed by atoms with van der Waals surface area (Å²) in [5.74, 6) is 1.78. The molecule has 0 spiro atoms. The fraction of sp³-hybridized carbons (Fsp3) is 0.438. The molecule has 2 aliphatic carbocycles. The van der Waals surface area contributed by atoms with E-state index in [0.717, 1.165) is 18.3 Å². The fourth-order valence-corrected chi connectivity index (χ4v) is 5.99. The summed E-state index contributed by atoms with van der Waals surface area (Å²) in [6.07, 6.45) is 14.9. The van der Waals surface area contributed by atoms with E-state index in [9.17, 15) is 0 Å². The molecule has 3 aromatic carbocycles. The van der Waals surface area contributed by atoms with E-state index in [4.69, 9.17) is 0 Å². The zero-order valence-corrected chi connectivity index (χ0v) is 20.3. The van der Waals surface area contributed by atoms with Gasteiger partial charge in [-0.25, -0.2) is 0 Å². The van der Waals surface area contributed by atoms with Crippen LogP contribution in [0, 0.1) is 11.8 Å². The maximum Gasteiger partial charge on any atom is 0.0461 e. The van der Waals surface area contributed by atoms with Gasteiger partial charge in [0.2, 0.25) is 0 Å². The molecule has 0 atom stereocenters. The lowest BCUT2D eigenvalue weighted by molar-refractivity contribution is 0.546. The fourth-order valence-electron chi connectivity index (χ4n) is 5.99. The van der Waals surface area contributed by atoms with Crippen molar-refractivity contribution in [2.24, 2.45) is 11.8 Å². The van der Waals surface area contributed by atoms with Crippen molar-refractivity contribution < 1.29 is 0 Å². The molecule has 0 heterocycles. The standard InChI is InChI=1S/C32H39N/c1-2-25-11-17-30(18-12-25)33(31-19-13-28(14-20-31)23-26-7-3-4-8-26)32-21-15-29(16-22-32)24-27-9-5-6-10-27/h11-22,26-27H,2-10,23-24H2,1H3. The van der Waals surface area contributed by atoms with Crippen molar-refractivity contribution in [3.8, 4) is 0 Å². The van der Waals surface area contributed by atoms with E-state index in [2.05, 4.69) is 84.6 Å². The molecule has 0 bridgehead atoms. The van der Waals surface area contributed by atoms with E-state index in [1.54, 1.807) is 0 Å². The number of rotatable bonds is 8. The Morgan fingerprint density at radius 3 is 1.18 bits per heavy atom. The van der Waals surface area contributed by atoms with Gasteiger partial charge in [-0.2, -0.15) is 0 Å². The number of hydrogen-bond acceptors (Lipinski definition) is 1. The van der Waals surface area contributed by atoms with Crippen molar-refractivity contribution in [2.75, 3.05) is 4.90 Å². The SMILES string of the molecule is CCc1ccc(N(c2ccc(CC3CCCC3)cc2)c2ccc(CC3CCCC3)cc2)cc1. The Kier molecular flexibility index (Phi) is 7.15. The van der Waals surface area contributed by atoms with Gasteiger partial charge in [0.15, 0.2) is 0 Å². The molecule has 0 aromatic heterocycles. The van der Waals surface area contributed by atoms with Gasteiger partial charge in [0.1, 0.15) is 0 Å². The Labute approximate surface area is 200 Å². The molecule has 0 unspecified atom stereocenters. The van der Waals surface area contributed by atoms with Gasteiger partial charge in [0.25, 0.3) is 0 Å². The second-order valence-corrected chi connectivity index (χ2v) is 10.4. The summed E-state index contributed by atoms with van der Waals surface area (Å²) in [6.45, 7) is 2.22. The van der Waals surface area contributed by atoms with Gasteiger partial charge in [-0.15, -0.1) is 0 Å². The molecule has 0 saturated heterocycles. The molecule has 1 nitrogen and oxygen atoms in total. The van der Waals surface area contributed by atoms with E-state index >= 15 is 0 Å². The Bertz CT molecular complexity index is 926. The minimum absolute atomic E-state index is 0.890. The molecule has 172 valence electrons. The lowest BCUT2D eigenvalue weighted by Crippen LogP contribution is -2.10. The molecule has 3 aromatic rings. The molecule has 0 N–H and O–H groups in total. The monoisotopic (exact) mass is 437 g/mol. The minimum Gasteiger partial charge on any atom is -0.311 e. The van der Waals surface area contributed by atoms with Crippen molar-refractivity contribution in [3.63, 3.8) is 0 Å². The first-order valence-electron chi connectivity index (χ1n) is 13.4. The average molecular weight is 438 g/mol. The average Bonchev–Trinajstić information content (AvgIpc) is 3.57. The summed E-state index contributed by atoms with van der Waals surface area (Å²) in [6, 6.07) is 27.8. The predicted molar refractivity (Wildman–Crippen MR) is 142 cm³/mol. The molecule has 2 fully saturated rings. The van der Waals surface area contributed by atoms with Crippen LogP contribution >= 0.6 is 0 Å². The lowest BCUT2D eigenvalue weighted by atomic mass is 9.97. The number of anilines is 3. The number of benzene rings is 3. The highest BCUT2D eigenvalue weighted by Gasteiger charge is 2.18. The molecular formula is C32H39N. The zero-order valence-electron chi connectivity index (χ0n) is 20.3. The van der Waals surface area contributed by atoms with Crippen LogP contribution < -0.4 is 4.90 Å². The lowest BCUT2D eigenvalue weighted by Gasteiger charge is -2.26. The van der Waals surface area contributed by atoms with Crippen molar-refractivity contribution in [2.45, 2.75) is 77.6 Å². The maximum absolute atomic E-state index is 2.41. The summed E-state index contributed by atoms with van der Waals surface area (Å²) in [5, 5.41) is 0. The van der Waals surface area contributed by atoms with Crippen molar-refractivity contribution in [1.82, 2.24) is 0 Å². The normalized spacial score (nSPS) is 17.0. The van der Waals surface area contributed by atoms with E-state index in [1.807, 2.05) is 0 Å². The van der Waals surface area contributed by atoms with Crippen molar-refractivity contribution in [1.29, 1.82) is 0 Å². The molecule has 1 heteroatoms. The minimum atomic E-state index is 0.890. The molecule has 0 radical (unpaired) electrons. The van der Waals surface area contributed by atoms with Crippen LogP contribution in [0.2, 0.25) is 0 Å². The van der Waals surface area contributed by atoms with Crippen LogP contribution in [0.1, 0.15) is 75.0 Å². The maximum atomic E-state index is 2.41. The first-order chi connectivity index (χ1) is 16.3. The first kappa shape index (κ1) is 22.3. The van der Waals surface area contributed by atoms with Gasteiger partial charge >= 0.3 is 0 Å². The topological polar surface area (TPSA) is 3.24 Å². The molecule has 33 heavy (non-hydrogen) atoms. The third-order valence-corrected chi connectivity index (χ3v) is 7.99. The third kappa shape index (κ3) is 5.52. The Balaban J connectivity index is 1.40.